The highest BCUT2D eigenvalue weighted by atomic mass is 35.5. The zero-order chi connectivity index (χ0) is 16.8. The van der Waals surface area contributed by atoms with Crippen LogP contribution in [0.15, 0.2) is 42.5 Å². The molecule has 2 rings (SSSR count). The van der Waals surface area contributed by atoms with Crippen LogP contribution in [-0.4, -0.2) is 30.8 Å². The first-order valence-corrected chi connectivity index (χ1v) is 6.88. The molecule has 2 aromatic rings. The first-order valence-electron chi connectivity index (χ1n) is 6.50. The largest absolute Gasteiger partial charge is 0.493 e. The number of para-hydroxylation sites is 2. The molecule has 0 unspecified atom stereocenters. The minimum Gasteiger partial charge on any atom is -0.493 e. The summed E-state index contributed by atoms with van der Waals surface area (Å²) >= 11 is 5.73. The molecule has 1 N–H and O–H groups in total. The summed E-state index contributed by atoms with van der Waals surface area (Å²) < 4.78 is 15.4. The van der Waals surface area contributed by atoms with Crippen LogP contribution in [0.1, 0.15) is 10.4 Å². The number of esters is 1. The fourth-order valence-corrected chi connectivity index (χ4v) is 1.96. The van der Waals surface area contributed by atoms with Gasteiger partial charge in [-0.15, -0.1) is 0 Å². The molecule has 0 fully saturated rings. The standard InChI is InChI=1S/C16H13ClO6/c1-21-13-4-2-3-5-14(13)22-9-15(18)23-12-7-6-10(17)8-11(12)16(19)20/h2-8H,9H2,1H3,(H,19,20). The Morgan fingerprint density at radius 1 is 1.09 bits per heavy atom. The van der Waals surface area contributed by atoms with Crippen LogP contribution in [-0.2, 0) is 4.79 Å². The molecule has 0 saturated carbocycles. The fourth-order valence-electron chi connectivity index (χ4n) is 1.79. The monoisotopic (exact) mass is 336 g/mol. The Hall–Kier alpha value is -2.73. The Kier molecular flexibility index (Phi) is 5.43. The summed E-state index contributed by atoms with van der Waals surface area (Å²) in [5.41, 5.74) is -0.205. The van der Waals surface area contributed by atoms with Crippen molar-refractivity contribution in [1.82, 2.24) is 0 Å². The molecule has 0 saturated heterocycles. The zero-order valence-corrected chi connectivity index (χ0v) is 12.9. The third-order valence-electron chi connectivity index (χ3n) is 2.81. The van der Waals surface area contributed by atoms with Gasteiger partial charge in [0.2, 0.25) is 0 Å². The molecule has 0 spiro atoms. The summed E-state index contributed by atoms with van der Waals surface area (Å²) in [6.07, 6.45) is 0. The zero-order valence-electron chi connectivity index (χ0n) is 12.1. The summed E-state index contributed by atoms with van der Waals surface area (Å²) in [7, 11) is 1.48. The lowest BCUT2D eigenvalue weighted by Gasteiger charge is -2.11. The number of halogens is 1. The van der Waals surface area contributed by atoms with E-state index in [1.807, 2.05) is 0 Å². The number of carboxylic acids is 1. The molecule has 2 aromatic carbocycles. The maximum atomic E-state index is 11.8. The third kappa shape index (κ3) is 4.37. The molecule has 7 heteroatoms. The fraction of sp³-hybridized carbons (Fsp3) is 0.125. The van der Waals surface area contributed by atoms with Crippen LogP contribution in [0.5, 0.6) is 17.2 Å². The van der Waals surface area contributed by atoms with Crippen molar-refractivity contribution in [3.05, 3.63) is 53.1 Å². The molecule has 6 nitrogen and oxygen atoms in total. The van der Waals surface area contributed by atoms with Gasteiger partial charge in [-0.1, -0.05) is 23.7 Å². The van der Waals surface area contributed by atoms with Crippen molar-refractivity contribution in [3.63, 3.8) is 0 Å². The Morgan fingerprint density at radius 3 is 2.43 bits per heavy atom. The van der Waals surface area contributed by atoms with Crippen molar-refractivity contribution in [2.45, 2.75) is 0 Å². The number of methoxy groups -OCH3 is 1. The predicted octanol–water partition coefficient (Wildman–Crippen LogP) is 3.03. The molecule has 0 aliphatic rings. The number of carboxylic acid groups (broad SMARTS) is 1. The van der Waals surface area contributed by atoms with Crippen molar-refractivity contribution >= 4 is 23.5 Å². The van der Waals surface area contributed by atoms with E-state index in [0.717, 1.165) is 0 Å². The van der Waals surface area contributed by atoms with Crippen LogP contribution in [0, 0.1) is 0 Å². The van der Waals surface area contributed by atoms with Gasteiger partial charge in [0.15, 0.2) is 18.1 Å². The highest BCUT2D eigenvalue weighted by molar-refractivity contribution is 6.31. The van der Waals surface area contributed by atoms with Crippen molar-refractivity contribution in [3.8, 4) is 17.2 Å². The Bertz CT molecular complexity index is 728. The number of hydrogen-bond acceptors (Lipinski definition) is 5. The Labute approximate surface area is 137 Å². The van der Waals surface area contributed by atoms with E-state index in [-0.39, 0.29) is 16.3 Å². The van der Waals surface area contributed by atoms with Crippen molar-refractivity contribution in [2.24, 2.45) is 0 Å². The van der Waals surface area contributed by atoms with Gasteiger partial charge in [-0.25, -0.2) is 9.59 Å². The van der Waals surface area contributed by atoms with Crippen LogP contribution in [0.25, 0.3) is 0 Å². The van der Waals surface area contributed by atoms with E-state index >= 15 is 0 Å². The first-order chi connectivity index (χ1) is 11.0. The lowest BCUT2D eigenvalue weighted by atomic mass is 10.2. The lowest BCUT2D eigenvalue weighted by Crippen LogP contribution is -2.19. The smallest absolute Gasteiger partial charge is 0.349 e. The molecule has 0 aromatic heterocycles. The normalized spacial score (nSPS) is 10.0. The van der Waals surface area contributed by atoms with Crippen molar-refractivity contribution < 1.29 is 28.9 Å². The van der Waals surface area contributed by atoms with Crippen molar-refractivity contribution in [1.29, 1.82) is 0 Å². The molecule has 0 radical (unpaired) electrons. The molecular weight excluding hydrogens is 324 g/mol. The van der Waals surface area contributed by atoms with Crippen molar-refractivity contribution in [2.75, 3.05) is 13.7 Å². The van der Waals surface area contributed by atoms with E-state index in [1.165, 1.54) is 25.3 Å². The van der Waals surface area contributed by atoms with Gasteiger partial charge >= 0.3 is 11.9 Å². The number of carbonyl (C=O) groups excluding carboxylic acids is 1. The third-order valence-corrected chi connectivity index (χ3v) is 3.05. The second kappa shape index (κ2) is 7.51. The number of rotatable bonds is 6. The molecule has 0 heterocycles. The van der Waals surface area contributed by atoms with Crippen LogP contribution >= 0.6 is 11.6 Å². The minimum absolute atomic E-state index is 0.101. The van der Waals surface area contributed by atoms with Gasteiger partial charge in [-0.05, 0) is 30.3 Å². The molecule has 120 valence electrons. The average Bonchev–Trinajstić information content (AvgIpc) is 2.54. The second-order valence-electron chi connectivity index (χ2n) is 4.36. The van der Waals surface area contributed by atoms with Crippen LogP contribution in [0.4, 0.5) is 0 Å². The molecule has 0 aliphatic carbocycles. The van der Waals surface area contributed by atoms with Gasteiger partial charge in [0.05, 0.1) is 7.11 Å². The highest BCUT2D eigenvalue weighted by Gasteiger charge is 2.16. The Morgan fingerprint density at radius 2 is 1.78 bits per heavy atom. The van der Waals surface area contributed by atoms with E-state index in [4.69, 9.17) is 30.9 Å². The van der Waals surface area contributed by atoms with E-state index in [2.05, 4.69) is 0 Å². The quantitative estimate of drug-likeness (QED) is 0.645. The van der Waals surface area contributed by atoms with Crippen LogP contribution in [0.2, 0.25) is 5.02 Å². The maximum Gasteiger partial charge on any atom is 0.349 e. The van der Waals surface area contributed by atoms with E-state index in [0.29, 0.717) is 11.5 Å². The molecule has 0 aliphatic heterocycles. The van der Waals surface area contributed by atoms with Gasteiger partial charge < -0.3 is 19.3 Å². The van der Waals surface area contributed by atoms with Gasteiger partial charge in [-0.3, -0.25) is 0 Å². The summed E-state index contributed by atoms with van der Waals surface area (Å²) in [5, 5.41) is 9.31. The summed E-state index contributed by atoms with van der Waals surface area (Å²) in [4.78, 5) is 23.0. The van der Waals surface area contributed by atoms with Gasteiger partial charge in [0.25, 0.3) is 0 Å². The first kappa shape index (κ1) is 16.6. The molecule has 0 atom stereocenters. The molecule has 23 heavy (non-hydrogen) atoms. The predicted molar refractivity (Wildman–Crippen MR) is 82.5 cm³/mol. The molecule has 0 bridgehead atoms. The number of benzene rings is 2. The van der Waals surface area contributed by atoms with E-state index in [9.17, 15) is 9.59 Å². The highest BCUT2D eigenvalue weighted by Crippen LogP contribution is 2.26. The second-order valence-corrected chi connectivity index (χ2v) is 4.80. The Balaban J connectivity index is 2.04. The number of carbonyl (C=O) groups is 2. The number of ether oxygens (including phenoxy) is 3. The van der Waals surface area contributed by atoms with Crippen LogP contribution in [0.3, 0.4) is 0 Å². The SMILES string of the molecule is COc1ccccc1OCC(=O)Oc1ccc(Cl)cc1C(=O)O. The van der Waals surface area contributed by atoms with E-state index < -0.39 is 18.5 Å². The van der Waals surface area contributed by atoms with E-state index in [1.54, 1.807) is 24.3 Å². The minimum atomic E-state index is -1.25. The topological polar surface area (TPSA) is 82.1 Å². The molecular formula is C16H13ClO6. The molecule has 0 amide bonds. The maximum absolute atomic E-state index is 11.8. The van der Waals surface area contributed by atoms with Crippen LogP contribution < -0.4 is 14.2 Å². The summed E-state index contributed by atoms with van der Waals surface area (Å²) in [5.74, 6) is -1.25. The lowest BCUT2D eigenvalue weighted by molar-refractivity contribution is -0.136. The van der Waals surface area contributed by atoms with Gasteiger partial charge in [0.1, 0.15) is 11.3 Å². The number of aromatic carboxylic acids is 1. The number of hydrogen-bond donors (Lipinski definition) is 1. The average molecular weight is 337 g/mol. The van der Waals surface area contributed by atoms with Gasteiger partial charge in [0, 0.05) is 5.02 Å². The van der Waals surface area contributed by atoms with Gasteiger partial charge in [-0.2, -0.15) is 0 Å². The summed E-state index contributed by atoms with van der Waals surface area (Å²) in [6, 6.07) is 10.7. The summed E-state index contributed by atoms with van der Waals surface area (Å²) in [6.45, 7) is -0.401.